The fourth-order valence-corrected chi connectivity index (χ4v) is 4.18. The van der Waals surface area contributed by atoms with Crippen LogP contribution in [0.2, 0.25) is 0 Å². The van der Waals surface area contributed by atoms with Crippen molar-refractivity contribution in [3.63, 3.8) is 0 Å². The van der Waals surface area contributed by atoms with Gasteiger partial charge in [0.25, 0.3) is 11.8 Å². The zero-order valence-corrected chi connectivity index (χ0v) is 21.9. The summed E-state index contributed by atoms with van der Waals surface area (Å²) >= 11 is 1.36. The normalized spacial score (nSPS) is 10.8. The highest BCUT2D eigenvalue weighted by Gasteiger charge is 2.15. The molecule has 3 aromatic carbocycles. The van der Waals surface area contributed by atoms with E-state index in [1.54, 1.807) is 86.2 Å². The zero-order valence-electron chi connectivity index (χ0n) is 21.1. The Hall–Kier alpha value is -4.89. The van der Waals surface area contributed by atoms with Gasteiger partial charge in [0.1, 0.15) is 11.4 Å². The number of pyridine rings is 1. The van der Waals surface area contributed by atoms with Crippen LogP contribution in [0.3, 0.4) is 0 Å². The number of anilines is 2. The Kier molecular flexibility index (Phi) is 9.47. The second-order valence-corrected chi connectivity index (χ2v) is 9.23. The van der Waals surface area contributed by atoms with Crippen LogP contribution in [0.4, 0.5) is 11.4 Å². The first-order valence-electron chi connectivity index (χ1n) is 12.0. The minimum absolute atomic E-state index is 0.0725. The van der Waals surface area contributed by atoms with E-state index in [4.69, 9.17) is 4.74 Å². The van der Waals surface area contributed by atoms with Crippen LogP contribution < -0.4 is 20.7 Å². The van der Waals surface area contributed by atoms with Crippen molar-refractivity contribution in [3.05, 3.63) is 120 Å². The molecule has 0 aliphatic rings. The number of carbonyl (C=O) groups excluding carboxylic acids is 3. The van der Waals surface area contributed by atoms with Crippen LogP contribution in [-0.4, -0.2) is 35.6 Å². The SMILES string of the molecule is COc1ccccc1NC(=O)CSc1ccc(NC(=O)/C(=C/c2cccnc2)NC(=O)c2ccccc2)cc1. The maximum absolute atomic E-state index is 13.1. The molecule has 1 aromatic heterocycles. The van der Waals surface area contributed by atoms with Crippen molar-refractivity contribution >= 4 is 46.9 Å². The predicted octanol–water partition coefficient (Wildman–Crippen LogP) is 5.23. The van der Waals surface area contributed by atoms with E-state index in [0.717, 1.165) is 4.90 Å². The highest BCUT2D eigenvalue weighted by Crippen LogP contribution is 2.25. The number of ether oxygens (including phenoxy) is 1. The number of methoxy groups -OCH3 is 1. The lowest BCUT2D eigenvalue weighted by atomic mass is 10.2. The highest BCUT2D eigenvalue weighted by molar-refractivity contribution is 8.00. The Morgan fingerprint density at radius 3 is 2.33 bits per heavy atom. The Balaban J connectivity index is 1.38. The molecule has 0 saturated carbocycles. The molecule has 0 aliphatic heterocycles. The van der Waals surface area contributed by atoms with Gasteiger partial charge in [-0.3, -0.25) is 19.4 Å². The largest absolute Gasteiger partial charge is 0.495 e. The minimum Gasteiger partial charge on any atom is -0.495 e. The minimum atomic E-state index is -0.486. The number of aromatic nitrogens is 1. The van der Waals surface area contributed by atoms with Gasteiger partial charge in [0, 0.05) is 28.5 Å². The maximum atomic E-state index is 13.1. The first-order valence-corrected chi connectivity index (χ1v) is 13.0. The number of hydrogen-bond donors (Lipinski definition) is 3. The van der Waals surface area contributed by atoms with Crippen molar-refractivity contribution in [1.82, 2.24) is 10.3 Å². The lowest BCUT2D eigenvalue weighted by Crippen LogP contribution is -2.30. The van der Waals surface area contributed by atoms with E-state index in [9.17, 15) is 14.4 Å². The van der Waals surface area contributed by atoms with Crippen molar-refractivity contribution in [1.29, 1.82) is 0 Å². The van der Waals surface area contributed by atoms with E-state index in [1.165, 1.54) is 11.8 Å². The quantitative estimate of drug-likeness (QED) is 0.188. The molecule has 0 aliphatic carbocycles. The number of amides is 3. The Bertz CT molecular complexity index is 1460. The number of nitrogens with zero attached hydrogens (tertiary/aromatic N) is 1. The van der Waals surface area contributed by atoms with Gasteiger partial charge in [0.15, 0.2) is 0 Å². The third-order valence-electron chi connectivity index (χ3n) is 5.39. The van der Waals surface area contributed by atoms with Crippen LogP contribution in [0.5, 0.6) is 5.75 Å². The Labute approximate surface area is 230 Å². The van der Waals surface area contributed by atoms with E-state index < -0.39 is 11.8 Å². The molecule has 0 bridgehead atoms. The van der Waals surface area contributed by atoms with Crippen LogP contribution in [0, 0.1) is 0 Å². The van der Waals surface area contributed by atoms with Crippen LogP contribution in [0.25, 0.3) is 6.08 Å². The molecule has 4 rings (SSSR count). The summed E-state index contributed by atoms with van der Waals surface area (Å²) in [5, 5.41) is 8.35. The van der Waals surface area contributed by atoms with E-state index in [-0.39, 0.29) is 17.4 Å². The summed E-state index contributed by atoms with van der Waals surface area (Å²) < 4.78 is 5.26. The molecule has 0 atom stereocenters. The number of carbonyl (C=O) groups is 3. The Morgan fingerprint density at radius 2 is 1.62 bits per heavy atom. The molecule has 196 valence electrons. The summed E-state index contributed by atoms with van der Waals surface area (Å²) in [7, 11) is 1.55. The predicted molar refractivity (Wildman–Crippen MR) is 154 cm³/mol. The van der Waals surface area contributed by atoms with Gasteiger partial charge in [0.2, 0.25) is 5.91 Å². The monoisotopic (exact) mass is 538 g/mol. The van der Waals surface area contributed by atoms with Crippen molar-refractivity contribution in [2.45, 2.75) is 4.90 Å². The second-order valence-electron chi connectivity index (χ2n) is 8.18. The summed E-state index contributed by atoms with van der Waals surface area (Å²) in [6.45, 7) is 0. The van der Waals surface area contributed by atoms with Gasteiger partial charge in [-0.15, -0.1) is 11.8 Å². The third kappa shape index (κ3) is 8.05. The summed E-state index contributed by atoms with van der Waals surface area (Å²) in [4.78, 5) is 43.2. The van der Waals surface area contributed by atoms with Crippen LogP contribution in [0.15, 0.2) is 114 Å². The summed E-state index contributed by atoms with van der Waals surface area (Å²) in [5.41, 5.74) is 2.31. The molecule has 1 heterocycles. The average molecular weight is 539 g/mol. The molecule has 39 heavy (non-hydrogen) atoms. The van der Waals surface area contributed by atoms with E-state index in [0.29, 0.717) is 28.3 Å². The lowest BCUT2D eigenvalue weighted by Gasteiger charge is -2.12. The maximum Gasteiger partial charge on any atom is 0.272 e. The van der Waals surface area contributed by atoms with Crippen LogP contribution >= 0.6 is 11.8 Å². The highest BCUT2D eigenvalue weighted by atomic mass is 32.2. The van der Waals surface area contributed by atoms with Gasteiger partial charge < -0.3 is 20.7 Å². The fraction of sp³-hybridized carbons (Fsp3) is 0.0667. The van der Waals surface area contributed by atoms with E-state index in [1.807, 2.05) is 30.3 Å². The van der Waals surface area contributed by atoms with Crippen molar-refractivity contribution in [2.24, 2.45) is 0 Å². The number of hydrogen-bond acceptors (Lipinski definition) is 6. The summed E-state index contributed by atoms with van der Waals surface area (Å²) in [5.74, 6) is -0.263. The van der Waals surface area contributed by atoms with Crippen molar-refractivity contribution < 1.29 is 19.1 Å². The first kappa shape index (κ1) is 27.2. The van der Waals surface area contributed by atoms with Gasteiger partial charge in [-0.1, -0.05) is 36.4 Å². The van der Waals surface area contributed by atoms with Gasteiger partial charge in [-0.2, -0.15) is 0 Å². The number of para-hydroxylation sites is 2. The summed E-state index contributed by atoms with van der Waals surface area (Å²) in [6, 6.07) is 26.5. The third-order valence-corrected chi connectivity index (χ3v) is 6.40. The average Bonchev–Trinajstić information content (AvgIpc) is 2.97. The second kappa shape index (κ2) is 13.6. The number of nitrogens with one attached hydrogen (secondary N) is 3. The number of thioether (sulfide) groups is 1. The fourth-order valence-electron chi connectivity index (χ4n) is 3.49. The van der Waals surface area contributed by atoms with Gasteiger partial charge >= 0.3 is 0 Å². The molecule has 0 saturated heterocycles. The van der Waals surface area contributed by atoms with Crippen molar-refractivity contribution in [3.8, 4) is 5.75 Å². The molecule has 3 N–H and O–H groups in total. The molecule has 0 unspecified atom stereocenters. The smallest absolute Gasteiger partial charge is 0.272 e. The molecule has 8 nitrogen and oxygen atoms in total. The van der Waals surface area contributed by atoms with Crippen molar-refractivity contribution in [2.75, 3.05) is 23.5 Å². The molecule has 0 fully saturated rings. The van der Waals surface area contributed by atoms with E-state index >= 15 is 0 Å². The zero-order chi connectivity index (χ0) is 27.5. The van der Waals surface area contributed by atoms with E-state index in [2.05, 4.69) is 20.9 Å². The van der Waals surface area contributed by atoms with Gasteiger partial charge in [0.05, 0.1) is 18.6 Å². The lowest BCUT2D eigenvalue weighted by molar-refractivity contribution is -0.114. The number of rotatable bonds is 10. The molecule has 9 heteroatoms. The van der Waals surface area contributed by atoms with Crippen LogP contribution in [-0.2, 0) is 9.59 Å². The molecule has 0 radical (unpaired) electrons. The first-order chi connectivity index (χ1) is 19.0. The topological polar surface area (TPSA) is 109 Å². The molecular formula is C30H26N4O4S. The molecule has 3 amide bonds. The molecular weight excluding hydrogens is 512 g/mol. The molecule has 0 spiro atoms. The Morgan fingerprint density at radius 1 is 0.872 bits per heavy atom. The standard InChI is InChI=1S/C30H26N4O4S/c1-38-27-12-6-5-11-25(27)33-28(35)20-39-24-15-13-23(14-16-24)32-30(37)26(18-21-8-7-17-31-19-21)34-29(36)22-9-3-2-4-10-22/h2-19H,20H2,1H3,(H,32,37)(H,33,35)(H,34,36)/b26-18-. The number of benzene rings is 3. The summed E-state index contributed by atoms with van der Waals surface area (Å²) in [6.07, 6.45) is 4.78. The van der Waals surface area contributed by atoms with Crippen LogP contribution in [0.1, 0.15) is 15.9 Å². The molecule has 4 aromatic rings. The van der Waals surface area contributed by atoms with Gasteiger partial charge in [-0.05, 0) is 66.2 Å². The van der Waals surface area contributed by atoms with Gasteiger partial charge in [-0.25, -0.2) is 0 Å².